The Bertz CT molecular complexity index is 1340. The molecule has 0 amide bonds. The van der Waals surface area contributed by atoms with E-state index in [0.29, 0.717) is 8.64 Å². The summed E-state index contributed by atoms with van der Waals surface area (Å²) in [7, 11) is 0. The fourth-order valence-electron chi connectivity index (χ4n) is 4.56. The van der Waals surface area contributed by atoms with Crippen LogP contribution in [-0.2, 0) is 44.7 Å². The molecular formula is C34H36N2S4Zn. The molecule has 0 spiro atoms. The molecule has 208 valence electrons. The largest absolute Gasteiger partial charge is 2.00 e. The van der Waals surface area contributed by atoms with Crippen molar-refractivity contribution in [2.75, 3.05) is 9.80 Å². The third-order valence-electron chi connectivity index (χ3n) is 7.63. The topological polar surface area (TPSA) is 6.48 Å². The second-order valence-corrected chi connectivity index (χ2v) is 12.1. The van der Waals surface area contributed by atoms with Gasteiger partial charge >= 0.3 is 19.5 Å². The van der Waals surface area contributed by atoms with Crippen LogP contribution >= 0.6 is 24.4 Å². The molecule has 2 nitrogen and oxygen atoms in total. The summed E-state index contributed by atoms with van der Waals surface area (Å²) in [6, 6.07) is 24.9. The molecule has 0 aliphatic carbocycles. The van der Waals surface area contributed by atoms with Gasteiger partial charge in [-0.3, -0.25) is 0 Å². The summed E-state index contributed by atoms with van der Waals surface area (Å²) in [6.07, 6.45) is 0. The first-order valence-corrected chi connectivity index (χ1v) is 14.8. The zero-order chi connectivity index (χ0) is 29.7. The van der Waals surface area contributed by atoms with E-state index in [0.717, 1.165) is 22.7 Å². The van der Waals surface area contributed by atoms with Crippen molar-refractivity contribution >= 4 is 81.1 Å². The van der Waals surface area contributed by atoms with Gasteiger partial charge in [0.15, 0.2) is 0 Å². The van der Waals surface area contributed by atoms with Gasteiger partial charge in [0.05, 0.1) is 0 Å². The average Bonchev–Trinajstić information content (AvgIpc) is 2.89. The molecule has 0 aliphatic heterocycles. The summed E-state index contributed by atoms with van der Waals surface area (Å²) in [5.41, 5.74) is 14.1. The molecule has 4 rings (SSSR count). The standard InChI is InChI=1S/2C17H19NS2.Zn/c2*1-11-7-5-9-15(13(11)3)18(17(19)20)16-10-6-8-12(2)14(16)4;/h2*5-10H,1-4H3,(H,19,20);/q;;+2/p-2. The maximum Gasteiger partial charge on any atom is 2.00 e. The fraction of sp³-hybridized carbons (Fsp3) is 0.235. The van der Waals surface area contributed by atoms with E-state index in [1.807, 2.05) is 34.1 Å². The van der Waals surface area contributed by atoms with Crippen molar-refractivity contribution in [1.82, 2.24) is 0 Å². The van der Waals surface area contributed by atoms with Crippen LogP contribution in [-0.4, -0.2) is 8.64 Å². The maximum atomic E-state index is 5.33. The predicted octanol–water partition coefficient (Wildman–Crippen LogP) is 9.78. The van der Waals surface area contributed by atoms with E-state index in [9.17, 15) is 0 Å². The summed E-state index contributed by atoms with van der Waals surface area (Å²) in [4.78, 5) is 3.99. The Morgan fingerprint density at radius 1 is 0.439 bits per heavy atom. The zero-order valence-electron chi connectivity index (χ0n) is 25.2. The van der Waals surface area contributed by atoms with Crippen molar-refractivity contribution in [2.24, 2.45) is 0 Å². The second kappa shape index (κ2) is 15.3. The van der Waals surface area contributed by atoms with E-state index in [2.05, 4.69) is 104 Å². The molecule has 0 N–H and O–H groups in total. The van der Waals surface area contributed by atoms with Gasteiger partial charge in [-0.2, -0.15) is 0 Å². The summed E-state index contributed by atoms with van der Waals surface area (Å²) < 4.78 is 0.903. The van der Waals surface area contributed by atoms with Crippen LogP contribution in [0.25, 0.3) is 0 Å². The van der Waals surface area contributed by atoms with E-state index in [1.54, 1.807) is 0 Å². The van der Waals surface area contributed by atoms with Crippen LogP contribution in [0, 0.1) is 55.4 Å². The summed E-state index contributed by atoms with van der Waals surface area (Å²) >= 11 is 21.3. The van der Waals surface area contributed by atoms with E-state index >= 15 is 0 Å². The van der Waals surface area contributed by atoms with Crippen LogP contribution in [0.15, 0.2) is 72.8 Å². The van der Waals surface area contributed by atoms with E-state index in [-0.39, 0.29) is 19.5 Å². The number of aryl methyl sites for hydroxylation is 4. The second-order valence-electron chi connectivity index (χ2n) is 10.1. The maximum absolute atomic E-state index is 5.33. The van der Waals surface area contributed by atoms with Gasteiger partial charge in [-0.25, -0.2) is 0 Å². The Hall–Kier alpha value is -2.28. The number of rotatable bonds is 4. The van der Waals surface area contributed by atoms with Crippen molar-refractivity contribution in [1.29, 1.82) is 0 Å². The number of hydrogen-bond donors (Lipinski definition) is 0. The molecule has 0 heterocycles. The Balaban J connectivity index is 0.000000280. The summed E-state index contributed by atoms with van der Waals surface area (Å²) in [5, 5.41) is 0. The van der Waals surface area contributed by atoms with Gasteiger partial charge in [0.2, 0.25) is 0 Å². The fourth-order valence-corrected chi connectivity index (χ4v) is 5.35. The molecule has 0 fully saturated rings. The van der Waals surface area contributed by atoms with Crippen molar-refractivity contribution in [3.8, 4) is 0 Å². The Morgan fingerprint density at radius 2 is 0.634 bits per heavy atom. The number of nitrogens with zero attached hydrogens (tertiary/aromatic N) is 2. The van der Waals surface area contributed by atoms with Gasteiger partial charge < -0.3 is 59.5 Å². The molecule has 4 aromatic carbocycles. The summed E-state index contributed by atoms with van der Waals surface area (Å²) in [5.74, 6) is 0. The van der Waals surface area contributed by atoms with E-state index in [4.69, 9.17) is 49.7 Å². The molecule has 0 bridgehead atoms. The van der Waals surface area contributed by atoms with Gasteiger partial charge in [-0.15, -0.1) is 0 Å². The van der Waals surface area contributed by atoms with Gasteiger partial charge in [-0.1, -0.05) is 57.2 Å². The molecule has 0 radical (unpaired) electrons. The Labute approximate surface area is 281 Å². The predicted molar refractivity (Wildman–Crippen MR) is 188 cm³/mol. The minimum Gasteiger partial charge on any atom is -0.411 e. The summed E-state index contributed by atoms with van der Waals surface area (Å²) in [6.45, 7) is 16.8. The molecule has 0 aromatic heterocycles. The van der Waals surface area contributed by atoms with Gasteiger partial charge in [0.25, 0.3) is 0 Å². The first-order valence-electron chi connectivity index (χ1n) is 13.1. The molecule has 0 atom stereocenters. The number of benzene rings is 4. The molecule has 0 unspecified atom stereocenters. The van der Waals surface area contributed by atoms with Gasteiger partial charge in [0, 0.05) is 22.7 Å². The number of hydrogen-bond acceptors (Lipinski definition) is 4. The third-order valence-corrected chi connectivity index (χ3v) is 8.36. The van der Waals surface area contributed by atoms with Crippen molar-refractivity contribution in [2.45, 2.75) is 55.4 Å². The molecule has 4 aromatic rings. The van der Waals surface area contributed by atoms with Crippen LogP contribution in [0.5, 0.6) is 0 Å². The number of anilines is 4. The van der Waals surface area contributed by atoms with Crippen molar-refractivity contribution in [3.05, 3.63) is 117 Å². The average molecular weight is 666 g/mol. The quantitative estimate of drug-likeness (QED) is 0.121. The number of thiocarbonyl (C=S) groups is 2. The van der Waals surface area contributed by atoms with Crippen LogP contribution in [0.1, 0.15) is 44.5 Å². The molecule has 7 heteroatoms. The third kappa shape index (κ3) is 7.97. The SMILES string of the molecule is Cc1cccc(N(C(=S)[S-])c2cccc(C)c2C)c1C.Cc1cccc(N(C(=S)[S-])c2cccc(C)c2C)c1C.[Zn+2]. The molecule has 41 heavy (non-hydrogen) atoms. The van der Waals surface area contributed by atoms with E-state index in [1.165, 1.54) is 44.5 Å². The normalized spacial score (nSPS) is 10.1. The van der Waals surface area contributed by atoms with E-state index < -0.39 is 0 Å². The van der Waals surface area contributed by atoms with Crippen LogP contribution < -0.4 is 9.80 Å². The Kier molecular flexibility index (Phi) is 13.0. The van der Waals surface area contributed by atoms with Crippen molar-refractivity contribution in [3.63, 3.8) is 0 Å². The van der Waals surface area contributed by atoms with Gasteiger partial charge in [0.1, 0.15) is 0 Å². The molecule has 0 saturated heterocycles. The van der Waals surface area contributed by atoms with Gasteiger partial charge in [-0.05, 0) is 124 Å². The minimum absolute atomic E-state index is 0. The molecule has 0 aliphatic rings. The Morgan fingerprint density at radius 3 is 0.805 bits per heavy atom. The minimum atomic E-state index is 0. The molecular weight excluding hydrogens is 630 g/mol. The first kappa shape index (κ1) is 34.9. The van der Waals surface area contributed by atoms with Crippen molar-refractivity contribution < 1.29 is 19.5 Å². The van der Waals surface area contributed by atoms with Crippen LogP contribution in [0.3, 0.4) is 0 Å². The smallest absolute Gasteiger partial charge is 0.411 e. The van der Waals surface area contributed by atoms with Crippen LogP contribution in [0.2, 0.25) is 0 Å². The first-order chi connectivity index (χ1) is 18.9. The zero-order valence-corrected chi connectivity index (χ0v) is 31.4. The monoisotopic (exact) mass is 664 g/mol. The molecule has 0 saturated carbocycles. The van der Waals surface area contributed by atoms with Crippen LogP contribution in [0.4, 0.5) is 22.7 Å².